The van der Waals surface area contributed by atoms with Crippen molar-refractivity contribution in [2.75, 3.05) is 6.56 Å². The zero-order valence-electron chi connectivity index (χ0n) is 28.0. The molecule has 6 N–H and O–H groups in total. The minimum absolute atomic E-state index is 0.746. The topological polar surface area (TPSA) is 244 Å². The van der Waals surface area contributed by atoms with E-state index >= 15 is 0 Å². The van der Waals surface area contributed by atoms with Crippen LogP contribution in [0.2, 0.25) is 1.41 Å². The number of aromatic nitrogens is 2. The van der Waals surface area contributed by atoms with Gasteiger partial charge in [0.1, 0.15) is 12.3 Å². The molecular formula is C10H17N2O14P3. The first-order valence-corrected chi connectivity index (χ1v) is 10.8. The summed E-state index contributed by atoms with van der Waals surface area (Å²) in [6.45, 7) is -8.35. The molecule has 0 aromatic carbocycles. The Morgan fingerprint density at radius 1 is 1.48 bits per heavy atom. The van der Waals surface area contributed by atoms with Crippen LogP contribution >= 0.6 is 23.5 Å². The highest BCUT2D eigenvalue weighted by Crippen LogP contribution is 2.66. The molecule has 0 saturated carbocycles. The van der Waals surface area contributed by atoms with Crippen molar-refractivity contribution in [3.8, 4) is 0 Å². The summed E-state index contributed by atoms with van der Waals surface area (Å²) in [4.78, 5) is 49.2. The van der Waals surface area contributed by atoms with Crippen molar-refractivity contribution >= 4 is 23.5 Å². The maximum atomic E-state index is 12.8. The summed E-state index contributed by atoms with van der Waals surface area (Å²) in [5.74, 6) is 0. The van der Waals surface area contributed by atoms with Gasteiger partial charge >= 0.3 is 29.2 Å². The fourth-order valence-corrected chi connectivity index (χ4v) is 4.18. The highest BCUT2D eigenvalue weighted by molar-refractivity contribution is 7.66. The Morgan fingerprint density at radius 2 is 2.24 bits per heavy atom. The van der Waals surface area contributed by atoms with Gasteiger partial charge in [0, 0.05) is 25.0 Å². The van der Waals surface area contributed by atoms with Gasteiger partial charge in [-0.15, -0.1) is 0 Å². The summed E-state index contributed by atoms with van der Waals surface area (Å²) in [7, 11) is -18.6. The lowest BCUT2D eigenvalue weighted by atomic mass is 10.2. The Labute approximate surface area is 182 Å². The van der Waals surface area contributed by atoms with E-state index in [4.69, 9.17) is 25.7 Å². The molecule has 2 heterocycles. The molecule has 0 aliphatic carbocycles. The maximum absolute atomic E-state index is 12.8. The minimum atomic E-state index is -6.46. The third-order valence-electron chi connectivity index (χ3n) is 2.31. The molecule has 1 aromatic rings. The van der Waals surface area contributed by atoms with Gasteiger partial charge in [-0.25, -0.2) is 18.5 Å². The quantitative estimate of drug-likeness (QED) is 0.198. The van der Waals surface area contributed by atoms with Crippen molar-refractivity contribution in [2.24, 2.45) is 0 Å². The number of hydrogen-bond acceptors (Lipinski definition) is 12. The van der Waals surface area contributed by atoms with Gasteiger partial charge in [0.05, 0.1) is 20.9 Å². The first-order valence-electron chi connectivity index (χ1n) is 13.5. The number of hydrogen-bond donors (Lipinski definition) is 6. The van der Waals surface area contributed by atoms with Crippen LogP contribution in [0.1, 0.15) is 33.2 Å². The first kappa shape index (κ1) is 10.6. The van der Waals surface area contributed by atoms with E-state index in [9.17, 15) is 28.2 Å². The van der Waals surface area contributed by atoms with Crippen LogP contribution in [-0.2, 0) is 31.6 Å². The SMILES string of the molecule is [2H]O[C@@]1([2H])C([2H])([2H])[C@]([2H])(n2c([2H])c(C([2H])([2H])[2H])c(=O)n([2H])c2=O)O[C@]1([2H])C([2H])([2H])OP(=O)(O[2H])OP(=O)(O)OP(=O)(O)O[2H]. The van der Waals surface area contributed by atoms with E-state index in [1.54, 1.807) is 0 Å². The van der Waals surface area contributed by atoms with Gasteiger partial charge in [-0.1, -0.05) is 0 Å². The van der Waals surface area contributed by atoms with Crippen LogP contribution in [0, 0.1) is 6.85 Å². The minimum Gasteiger partial charge on any atom is -0.390 e. The van der Waals surface area contributed by atoms with Crippen molar-refractivity contribution in [3.05, 3.63) is 32.6 Å². The average Bonchev–Trinajstić information content (AvgIpc) is 2.96. The van der Waals surface area contributed by atoms with E-state index in [-0.39, 0.29) is 0 Å². The Balaban J connectivity index is 2.85. The number of phosphoric ester groups is 1. The number of nitrogens with zero attached hydrogens (tertiary/aromatic N) is 1. The van der Waals surface area contributed by atoms with Crippen molar-refractivity contribution < 1.29 is 72.8 Å². The second-order valence-electron chi connectivity index (χ2n) is 4.45. The summed E-state index contributed by atoms with van der Waals surface area (Å²) in [6.07, 6.45) is -19.6. The second-order valence-corrected chi connectivity index (χ2v) is 8.71. The van der Waals surface area contributed by atoms with Crippen molar-refractivity contribution in [3.63, 3.8) is 0 Å². The molecule has 16 nitrogen and oxygen atoms in total. The standard InChI is InChI=1S/C10H17N2O14P3/c1-5-3-12(10(15)11-9(5)14)8-2-6(13)7(24-8)4-23-28(19,20)26-29(21,22)25-27(16,17)18/h3,6-8,13H,2,4H2,1H3,(H,19,20)(H,21,22)(H,11,14,15)(H2,16,17,18)/t6-,7+,8+/m0/s1/i1D3,2D2,3D,4D2,6D,7D,8D,13D/hD3. The van der Waals surface area contributed by atoms with Gasteiger partial charge in [-0.3, -0.25) is 18.9 Å². The third-order valence-corrected chi connectivity index (χ3v) is 5.91. The van der Waals surface area contributed by atoms with Crippen LogP contribution in [0.4, 0.5) is 0 Å². The van der Waals surface area contributed by atoms with Crippen LogP contribution in [0.15, 0.2) is 15.8 Å². The largest absolute Gasteiger partial charge is 0.490 e. The highest BCUT2D eigenvalue weighted by Gasteiger charge is 2.42. The van der Waals surface area contributed by atoms with Crippen LogP contribution in [0.5, 0.6) is 0 Å². The summed E-state index contributed by atoms with van der Waals surface area (Å²) in [6, 6.07) is 0. The van der Waals surface area contributed by atoms with E-state index in [0.29, 0.717) is 0 Å². The summed E-state index contributed by atoms with van der Waals surface area (Å²) in [5, 5.41) is 3.83. The molecule has 0 amide bonds. The number of H-pyrrole nitrogens is 1. The average molecular weight is 497 g/mol. The fraction of sp³-hybridized carbons (Fsp3) is 0.600. The molecule has 1 saturated heterocycles. The van der Waals surface area contributed by atoms with Crippen LogP contribution in [0.3, 0.4) is 0 Å². The second kappa shape index (κ2) is 8.63. The molecule has 0 radical (unpaired) electrons. The van der Waals surface area contributed by atoms with E-state index in [2.05, 4.69) is 32.8 Å². The van der Waals surface area contributed by atoms with Crippen LogP contribution in [0.25, 0.3) is 0 Å². The first-order chi connectivity index (χ1) is 19.4. The Bertz CT molecular complexity index is 1580. The highest BCUT2D eigenvalue weighted by atomic mass is 31.3. The van der Waals surface area contributed by atoms with E-state index in [1.165, 1.54) is 0 Å². The van der Waals surface area contributed by atoms with Crippen LogP contribution < -0.4 is 11.2 Å². The predicted molar refractivity (Wildman–Crippen MR) is 90.4 cm³/mol. The Morgan fingerprint density at radius 3 is 2.86 bits per heavy atom. The number of ether oxygens (including phenoxy) is 1. The molecule has 1 fully saturated rings. The molecule has 0 spiro atoms. The third kappa shape index (κ3) is 7.03. The number of phosphoric acid groups is 3. The molecule has 2 rings (SSSR count). The smallest absolute Gasteiger partial charge is 0.390 e. The molecule has 29 heavy (non-hydrogen) atoms. The normalized spacial score (nSPS) is 46.1. The molecule has 1 aliphatic heterocycles. The lowest BCUT2D eigenvalue weighted by molar-refractivity contribution is -0.0450. The van der Waals surface area contributed by atoms with Gasteiger partial charge in [0.25, 0.3) is 5.56 Å². The summed E-state index contributed by atoms with van der Waals surface area (Å²) in [5.41, 5.74) is -5.95. The van der Waals surface area contributed by atoms with E-state index < -0.39 is 94.1 Å². The molecule has 0 bridgehead atoms. The molecule has 1 aromatic heterocycles. The summed E-state index contributed by atoms with van der Waals surface area (Å²) >= 11 is 0. The fourth-order valence-electron chi connectivity index (χ4n) is 1.41. The van der Waals surface area contributed by atoms with Gasteiger partial charge in [0.15, 0.2) is 1.41 Å². The van der Waals surface area contributed by atoms with Crippen molar-refractivity contribution in [1.82, 2.24) is 9.54 Å². The summed E-state index contributed by atoms with van der Waals surface area (Å²) < 4.78 is 167. The molecule has 19 heteroatoms. The van der Waals surface area contributed by atoms with Gasteiger partial charge < -0.3 is 29.4 Å². The number of rotatable bonds is 11. The van der Waals surface area contributed by atoms with Crippen molar-refractivity contribution in [2.45, 2.75) is 31.6 Å². The molecule has 3 unspecified atom stereocenters. The molecular weight excluding hydrogens is 465 g/mol. The monoisotopic (exact) mass is 497 g/mol. The van der Waals surface area contributed by atoms with Crippen molar-refractivity contribution in [1.29, 1.82) is 4.29 Å². The lowest BCUT2D eigenvalue weighted by Gasteiger charge is -2.19. The number of aliphatic hydroxyl groups is 1. The van der Waals surface area contributed by atoms with Crippen LogP contribution in [-0.4, -0.2) is 57.2 Å². The zero-order chi connectivity index (χ0) is 34.9. The van der Waals surface area contributed by atoms with E-state index in [1.807, 2.05) is 0 Å². The maximum Gasteiger partial charge on any atom is 0.490 e. The van der Waals surface area contributed by atoms with Gasteiger partial charge in [-0.2, -0.15) is 8.62 Å². The molecule has 166 valence electrons. The number of aromatic amines is 1. The lowest BCUT2D eigenvalue weighted by Crippen LogP contribution is -2.33. The Hall–Kier alpha value is -0.990. The predicted octanol–water partition coefficient (Wildman–Crippen LogP) is -1.16. The number of nitrogens with one attached hydrogen (secondary N) is 1. The Kier molecular flexibility index (Phi) is 3.14. The molecule has 6 atom stereocenters. The van der Waals surface area contributed by atoms with E-state index in [0.717, 1.165) is 0 Å². The van der Waals surface area contributed by atoms with Gasteiger partial charge in [-0.05, 0) is 6.85 Å². The molecule has 1 aliphatic rings. The van der Waals surface area contributed by atoms with Gasteiger partial charge in [0.2, 0.25) is 4.29 Å². The zero-order valence-corrected chi connectivity index (χ0v) is 15.7.